The third-order valence-electron chi connectivity index (χ3n) is 3.82. The van der Waals surface area contributed by atoms with Crippen molar-refractivity contribution in [2.24, 2.45) is 0 Å². The summed E-state index contributed by atoms with van der Waals surface area (Å²) in [6, 6.07) is 6.45. The number of carbonyl (C=O) groups is 1. The van der Waals surface area contributed by atoms with E-state index in [0.717, 1.165) is 44.3 Å². The van der Waals surface area contributed by atoms with Crippen LogP contribution in [0.5, 0.6) is 0 Å². The van der Waals surface area contributed by atoms with E-state index in [0.29, 0.717) is 6.42 Å². The molecule has 0 saturated heterocycles. The average Bonchev–Trinajstić information content (AvgIpc) is 2.43. The van der Waals surface area contributed by atoms with E-state index >= 15 is 0 Å². The first-order valence-electron chi connectivity index (χ1n) is 7.68. The second-order valence-corrected chi connectivity index (χ2v) is 6.45. The van der Waals surface area contributed by atoms with Crippen molar-refractivity contribution in [2.75, 3.05) is 11.4 Å². The van der Waals surface area contributed by atoms with E-state index in [1.54, 1.807) is 0 Å². The SMILES string of the molecule is CCCCC(=O)N1CCCc2cc(CC(C)Cl)ccc21. The molecule has 1 heterocycles. The summed E-state index contributed by atoms with van der Waals surface area (Å²) in [4.78, 5) is 14.3. The van der Waals surface area contributed by atoms with E-state index in [2.05, 4.69) is 25.1 Å². The van der Waals surface area contributed by atoms with Crippen molar-refractivity contribution < 1.29 is 4.79 Å². The van der Waals surface area contributed by atoms with Crippen LogP contribution >= 0.6 is 11.6 Å². The molecule has 1 atom stereocenters. The highest BCUT2D eigenvalue weighted by Gasteiger charge is 2.22. The lowest BCUT2D eigenvalue weighted by molar-refractivity contribution is -0.118. The van der Waals surface area contributed by atoms with Gasteiger partial charge in [-0.25, -0.2) is 0 Å². The summed E-state index contributed by atoms with van der Waals surface area (Å²) in [5, 5.41) is 0.152. The van der Waals surface area contributed by atoms with E-state index < -0.39 is 0 Å². The second kappa shape index (κ2) is 7.12. The standard InChI is InChI=1S/C17H24ClNO/c1-3-4-7-17(20)19-10-5-6-15-12-14(11-13(2)18)8-9-16(15)19/h8-9,12-13H,3-7,10-11H2,1-2H3. The van der Waals surface area contributed by atoms with Crippen LogP contribution in [0, 0.1) is 0 Å². The fraction of sp³-hybridized carbons (Fsp3) is 0.588. The van der Waals surface area contributed by atoms with Gasteiger partial charge in [-0.3, -0.25) is 4.79 Å². The molecule has 0 bridgehead atoms. The highest BCUT2D eigenvalue weighted by molar-refractivity contribution is 6.20. The Morgan fingerprint density at radius 1 is 1.45 bits per heavy atom. The second-order valence-electron chi connectivity index (χ2n) is 5.70. The zero-order valence-corrected chi connectivity index (χ0v) is 13.2. The van der Waals surface area contributed by atoms with Gasteiger partial charge in [-0.15, -0.1) is 11.6 Å². The first-order valence-corrected chi connectivity index (χ1v) is 8.11. The predicted octanol–water partition coefficient (Wildman–Crippen LogP) is 4.33. The maximum Gasteiger partial charge on any atom is 0.226 e. The summed E-state index contributed by atoms with van der Waals surface area (Å²) in [6.45, 7) is 5.00. The van der Waals surface area contributed by atoms with Crippen molar-refractivity contribution in [3.63, 3.8) is 0 Å². The molecule has 0 saturated carbocycles. The summed E-state index contributed by atoms with van der Waals surface area (Å²) in [5.41, 5.74) is 3.69. The van der Waals surface area contributed by atoms with E-state index in [1.807, 2.05) is 11.8 Å². The summed E-state index contributed by atoms with van der Waals surface area (Å²) < 4.78 is 0. The van der Waals surface area contributed by atoms with Crippen LogP contribution in [-0.2, 0) is 17.6 Å². The number of rotatable bonds is 5. The fourth-order valence-electron chi connectivity index (χ4n) is 2.82. The molecule has 1 aliphatic heterocycles. The van der Waals surface area contributed by atoms with Gasteiger partial charge in [0.05, 0.1) is 0 Å². The van der Waals surface area contributed by atoms with Gasteiger partial charge in [-0.05, 0) is 49.8 Å². The monoisotopic (exact) mass is 293 g/mol. The minimum Gasteiger partial charge on any atom is -0.312 e. The van der Waals surface area contributed by atoms with E-state index in [-0.39, 0.29) is 11.3 Å². The van der Waals surface area contributed by atoms with Crippen molar-refractivity contribution in [1.29, 1.82) is 0 Å². The molecule has 1 amide bonds. The lowest BCUT2D eigenvalue weighted by Crippen LogP contribution is -2.35. The van der Waals surface area contributed by atoms with Crippen molar-refractivity contribution >= 4 is 23.2 Å². The molecule has 1 aromatic rings. The third kappa shape index (κ3) is 3.76. The molecular weight excluding hydrogens is 270 g/mol. The minimum absolute atomic E-state index is 0.152. The molecule has 0 radical (unpaired) electrons. The van der Waals surface area contributed by atoms with Crippen molar-refractivity contribution in [1.82, 2.24) is 0 Å². The minimum atomic E-state index is 0.152. The number of benzene rings is 1. The van der Waals surface area contributed by atoms with Gasteiger partial charge in [-0.2, -0.15) is 0 Å². The van der Waals surface area contributed by atoms with Gasteiger partial charge in [0.25, 0.3) is 0 Å². The van der Waals surface area contributed by atoms with Crippen molar-refractivity contribution in [3.05, 3.63) is 29.3 Å². The molecule has 0 aromatic heterocycles. The van der Waals surface area contributed by atoms with Crippen LogP contribution in [0.2, 0.25) is 0 Å². The number of alkyl halides is 1. The van der Waals surface area contributed by atoms with Gasteiger partial charge in [-0.1, -0.05) is 25.5 Å². The normalized spacial score (nSPS) is 15.8. The topological polar surface area (TPSA) is 20.3 Å². The zero-order valence-electron chi connectivity index (χ0n) is 12.5. The van der Waals surface area contributed by atoms with Crippen molar-refractivity contribution in [3.8, 4) is 0 Å². The number of hydrogen-bond donors (Lipinski definition) is 0. The molecule has 2 nitrogen and oxygen atoms in total. The Hall–Kier alpha value is -1.02. The Morgan fingerprint density at radius 3 is 2.95 bits per heavy atom. The molecule has 1 aliphatic rings. The number of fused-ring (bicyclic) bond motifs is 1. The van der Waals surface area contributed by atoms with Gasteiger partial charge in [0.1, 0.15) is 0 Å². The average molecular weight is 294 g/mol. The van der Waals surface area contributed by atoms with Crippen LogP contribution in [-0.4, -0.2) is 17.8 Å². The summed E-state index contributed by atoms with van der Waals surface area (Å²) in [7, 11) is 0. The highest BCUT2D eigenvalue weighted by atomic mass is 35.5. The van der Waals surface area contributed by atoms with Crippen LogP contribution < -0.4 is 4.90 Å². The van der Waals surface area contributed by atoms with Crippen molar-refractivity contribution in [2.45, 2.75) is 57.7 Å². The fourth-order valence-corrected chi connectivity index (χ4v) is 3.00. The van der Waals surface area contributed by atoms with E-state index in [4.69, 9.17) is 11.6 Å². The Labute approximate surface area is 127 Å². The van der Waals surface area contributed by atoms with Gasteiger partial charge in [0.2, 0.25) is 5.91 Å². The lowest BCUT2D eigenvalue weighted by atomic mass is 9.97. The number of carbonyl (C=O) groups excluding carboxylic acids is 1. The number of nitrogens with zero attached hydrogens (tertiary/aromatic N) is 1. The largest absolute Gasteiger partial charge is 0.312 e. The Balaban J connectivity index is 2.17. The highest BCUT2D eigenvalue weighted by Crippen LogP contribution is 2.29. The zero-order chi connectivity index (χ0) is 14.5. The number of aryl methyl sites for hydroxylation is 1. The third-order valence-corrected chi connectivity index (χ3v) is 3.98. The van der Waals surface area contributed by atoms with Gasteiger partial charge < -0.3 is 4.90 Å². The van der Waals surface area contributed by atoms with Gasteiger partial charge in [0.15, 0.2) is 0 Å². The molecular formula is C17H24ClNO. The molecule has 110 valence electrons. The number of unbranched alkanes of at least 4 members (excludes halogenated alkanes) is 1. The van der Waals surface area contributed by atoms with Crippen LogP contribution in [0.4, 0.5) is 5.69 Å². The molecule has 3 heteroatoms. The van der Waals surface area contributed by atoms with E-state index in [1.165, 1.54) is 11.1 Å². The van der Waals surface area contributed by atoms with Gasteiger partial charge >= 0.3 is 0 Å². The van der Waals surface area contributed by atoms with E-state index in [9.17, 15) is 4.79 Å². The predicted molar refractivity (Wildman–Crippen MR) is 85.7 cm³/mol. The van der Waals surface area contributed by atoms with Crippen LogP contribution in [0.25, 0.3) is 0 Å². The molecule has 0 spiro atoms. The molecule has 0 aliphatic carbocycles. The number of amides is 1. The lowest BCUT2D eigenvalue weighted by Gasteiger charge is -2.30. The smallest absolute Gasteiger partial charge is 0.226 e. The van der Waals surface area contributed by atoms with Crippen LogP contribution in [0.3, 0.4) is 0 Å². The Morgan fingerprint density at radius 2 is 2.25 bits per heavy atom. The molecule has 0 N–H and O–H groups in total. The summed E-state index contributed by atoms with van der Waals surface area (Å²) in [5.74, 6) is 0.270. The summed E-state index contributed by atoms with van der Waals surface area (Å²) >= 11 is 6.07. The Bertz CT molecular complexity index is 470. The van der Waals surface area contributed by atoms with Gasteiger partial charge in [0, 0.05) is 24.0 Å². The molecule has 1 aromatic carbocycles. The first-order chi connectivity index (χ1) is 9.61. The quantitative estimate of drug-likeness (QED) is 0.740. The Kier molecular flexibility index (Phi) is 5.47. The molecule has 20 heavy (non-hydrogen) atoms. The maximum atomic E-state index is 12.3. The number of anilines is 1. The maximum absolute atomic E-state index is 12.3. The first kappa shape index (κ1) is 15.4. The molecule has 1 unspecified atom stereocenters. The number of hydrogen-bond acceptors (Lipinski definition) is 1. The molecule has 2 rings (SSSR count). The van der Waals surface area contributed by atoms with Crippen LogP contribution in [0.1, 0.15) is 50.7 Å². The van der Waals surface area contributed by atoms with Crippen LogP contribution in [0.15, 0.2) is 18.2 Å². The summed E-state index contributed by atoms with van der Waals surface area (Å²) in [6.07, 6.45) is 5.72. The number of halogens is 1. The molecule has 0 fully saturated rings.